The van der Waals surface area contributed by atoms with E-state index in [1.54, 1.807) is 36.4 Å². The molecule has 0 unspecified atom stereocenters. The first-order valence-electron chi connectivity index (χ1n) is 11.4. The number of halogens is 1. The number of rotatable bonds is 6. The molecule has 2 atom stereocenters. The average molecular weight is 503 g/mol. The summed E-state index contributed by atoms with van der Waals surface area (Å²) in [5.41, 5.74) is 3.25. The van der Waals surface area contributed by atoms with E-state index in [0.29, 0.717) is 17.3 Å². The zero-order chi connectivity index (χ0) is 25.1. The third kappa shape index (κ3) is 5.16. The molecule has 3 aromatic carbocycles. The summed E-state index contributed by atoms with van der Waals surface area (Å²) in [5.74, 6) is -0.222. The molecule has 3 aromatic rings. The molecule has 5 rings (SSSR count). The molecule has 2 aliphatic rings. The third-order valence-electron chi connectivity index (χ3n) is 5.94. The van der Waals surface area contributed by atoms with Crippen molar-refractivity contribution in [2.45, 2.75) is 24.1 Å². The number of para-hydroxylation sites is 1. The number of hydrazone groups is 1. The van der Waals surface area contributed by atoms with Crippen molar-refractivity contribution in [1.82, 2.24) is 5.01 Å². The number of ether oxygens (including phenoxy) is 1. The Morgan fingerprint density at radius 2 is 1.81 bits per heavy atom. The summed E-state index contributed by atoms with van der Waals surface area (Å²) in [7, 11) is 1.61. The third-order valence-corrected chi connectivity index (χ3v) is 7.08. The van der Waals surface area contributed by atoms with Crippen LogP contribution in [0.3, 0.4) is 0 Å². The second kappa shape index (κ2) is 10.3. The first-order valence-corrected chi connectivity index (χ1v) is 12.3. The molecule has 2 heterocycles. The summed E-state index contributed by atoms with van der Waals surface area (Å²) in [4.78, 5) is 29.5. The van der Waals surface area contributed by atoms with Gasteiger partial charge in [-0.1, -0.05) is 42.1 Å². The predicted octanol–water partition coefficient (Wildman–Crippen LogP) is 5.01. The van der Waals surface area contributed by atoms with Crippen molar-refractivity contribution < 1.29 is 18.7 Å². The van der Waals surface area contributed by atoms with Gasteiger partial charge < -0.3 is 10.1 Å². The van der Waals surface area contributed by atoms with Crippen LogP contribution in [-0.4, -0.2) is 40.1 Å². The zero-order valence-corrected chi connectivity index (χ0v) is 20.2. The lowest BCUT2D eigenvalue weighted by atomic mass is 9.98. The molecular formula is C27H23FN4O3S. The Morgan fingerprint density at radius 3 is 2.50 bits per heavy atom. The van der Waals surface area contributed by atoms with Crippen LogP contribution in [0.15, 0.2) is 89.0 Å². The summed E-state index contributed by atoms with van der Waals surface area (Å²) in [6, 6.07) is 22.6. The highest BCUT2D eigenvalue weighted by Crippen LogP contribution is 2.38. The van der Waals surface area contributed by atoms with E-state index in [1.165, 1.54) is 23.9 Å². The smallest absolute Gasteiger partial charge is 0.262 e. The molecular weight excluding hydrogens is 479 g/mol. The number of thioether (sulfide) groups is 1. The van der Waals surface area contributed by atoms with Crippen molar-refractivity contribution >= 4 is 40.1 Å². The molecule has 2 aliphatic heterocycles. The van der Waals surface area contributed by atoms with E-state index in [1.807, 2.05) is 42.5 Å². The van der Waals surface area contributed by atoms with Gasteiger partial charge in [0.15, 0.2) is 5.17 Å². The molecule has 2 amide bonds. The Morgan fingerprint density at radius 1 is 1.08 bits per heavy atom. The Kier molecular flexibility index (Phi) is 6.81. The van der Waals surface area contributed by atoms with Gasteiger partial charge in [-0.15, -0.1) is 0 Å². The second-order valence-electron chi connectivity index (χ2n) is 8.35. The van der Waals surface area contributed by atoms with Crippen molar-refractivity contribution in [3.05, 3.63) is 95.8 Å². The Balaban J connectivity index is 1.36. The summed E-state index contributed by atoms with van der Waals surface area (Å²) in [6.07, 6.45) is 0.542. The van der Waals surface area contributed by atoms with Gasteiger partial charge in [0.25, 0.3) is 5.91 Å². The lowest BCUT2D eigenvalue weighted by Gasteiger charge is -2.23. The van der Waals surface area contributed by atoms with E-state index < -0.39 is 5.25 Å². The highest BCUT2D eigenvalue weighted by molar-refractivity contribution is 8.15. The fourth-order valence-corrected chi connectivity index (χ4v) is 5.16. The highest BCUT2D eigenvalue weighted by Gasteiger charge is 2.39. The lowest BCUT2D eigenvalue weighted by molar-refractivity contribution is -0.121. The standard InChI is InChI=1S/C27H23FN4O3S/c1-35-21-13-9-17(10-14-21)22-15-23(18-7-11-19(28)12-8-18)32(31-22)27-30-26(34)24(36-27)16-25(33)29-20-5-3-2-4-6-20/h2-14,23-24H,15-16H2,1H3,(H,29,33)/t23-,24-/m1/s1. The fraction of sp³-hybridized carbons (Fsp3) is 0.185. The minimum atomic E-state index is -0.641. The first-order chi connectivity index (χ1) is 17.5. The van der Waals surface area contributed by atoms with Crippen LogP contribution in [0.4, 0.5) is 10.1 Å². The maximum Gasteiger partial charge on any atom is 0.262 e. The molecule has 0 saturated heterocycles. The summed E-state index contributed by atoms with van der Waals surface area (Å²) in [6.45, 7) is 0. The van der Waals surface area contributed by atoms with Gasteiger partial charge in [0, 0.05) is 18.5 Å². The SMILES string of the molecule is COc1ccc(C2=NN(C3=NC(=O)[C@@H](CC(=O)Nc4ccccc4)S3)[C@@H](c3ccc(F)cc3)C2)cc1. The van der Waals surface area contributed by atoms with Crippen LogP contribution in [0.1, 0.15) is 30.0 Å². The van der Waals surface area contributed by atoms with Gasteiger partial charge in [-0.2, -0.15) is 10.1 Å². The highest BCUT2D eigenvalue weighted by atomic mass is 32.2. The maximum atomic E-state index is 13.6. The largest absolute Gasteiger partial charge is 0.497 e. The van der Waals surface area contributed by atoms with E-state index in [-0.39, 0.29) is 30.1 Å². The van der Waals surface area contributed by atoms with Gasteiger partial charge >= 0.3 is 0 Å². The Labute approximate surface area is 212 Å². The van der Waals surface area contributed by atoms with Gasteiger partial charge in [-0.05, 0) is 59.7 Å². The number of hydrogen-bond donors (Lipinski definition) is 1. The van der Waals surface area contributed by atoms with Crippen LogP contribution in [0, 0.1) is 5.82 Å². The van der Waals surface area contributed by atoms with Crippen molar-refractivity contribution in [1.29, 1.82) is 0 Å². The number of amides is 2. The minimum Gasteiger partial charge on any atom is -0.497 e. The van der Waals surface area contributed by atoms with Gasteiger partial charge in [0.2, 0.25) is 5.91 Å². The Hall–Kier alpha value is -3.98. The van der Waals surface area contributed by atoms with Gasteiger partial charge in [0.1, 0.15) is 16.8 Å². The number of anilines is 1. The fourth-order valence-electron chi connectivity index (χ4n) is 4.10. The number of benzene rings is 3. The molecule has 36 heavy (non-hydrogen) atoms. The maximum absolute atomic E-state index is 13.6. The van der Waals surface area contributed by atoms with Crippen LogP contribution in [0.25, 0.3) is 0 Å². The number of methoxy groups -OCH3 is 1. The van der Waals surface area contributed by atoms with E-state index in [0.717, 1.165) is 22.6 Å². The molecule has 0 spiro atoms. The van der Waals surface area contributed by atoms with E-state index in [4.69, 9.17) is 9.84 Å². The second-order valence-corrected chi connectivity index (χ2v) is 9.52. The van der Waals surface area contributed by atoms with Crippen LogP contribution in [-0.2, 0) is 9.59 Å². The van der Waals surface area contributed by atoms with Crippen LogP contribution in [0.2, 0.25) is 0 Å². The molecule has 0 saturated carbocycles. The minimum absolute atomic E-state index is 0.00446. The normalized spacial score (nSPS) is 19.2. The Bertz CT molecular complexity index is 1330. The molecule has 0 aliphatic carbocycles. The summed E-state index contributed by atoms with van der Waals surface area (Å²) < 4.78 is 18.9. The van der Waals surface area contributed by atoms with E-state index in [9.17, 15) is 14.0 Å². The van der Waals surface area contributed by atoms with Crippen LogP contribution in [0.5, 0.6) is 5.75 Å². The van der Waals surface area contributed by atoms with E-state index >= 15 is 0 Å². The van der Waals surface area contributed by atoms with Gasteiger partial charge in [0.05, 0.1) is 18.9 Å². The first kappa shape index (κ1) is 23.7. The molecule has 0 fully saturated rings. The van der Waals surface area contributed by atoms with Crippen LogP contribution >= 0.6 is 11.8 Å². The zero-order valence-electron chi connectivity index (χ0n) is 19.4. The van der Waals surface area contributed by atoms with Crippen molar-refractivity contribution in [2.24, 2.45) is 10.1 Å². The number of carbonyl (C=O) groups is 2. The molecule has 0 bridgehead atoms. The number of carbonyl (C=O) groups excluding carboxylic acids is 2. The number of hydrogen-bond acceptors (Lipinski definition) is 6. The number of aliphatic imine (C=N–C) groups is 1. The molecule has 0 aromatic heterocycles. The predicted molar refractivity (Wildman–Crippen MR) is 139 cm³/mol. The average Bonchev–Trinajstić information content (AvgIpc) is 3.49. The molecule has 7 nitrogen and oxygen atoms in total. The van der Waals surface area contributed by atoms with Crippen molar-refractivity contribution in [3.63, 3.8) is 0 Å². The van der Waals surface area contributed by atoms with Gasteiger partial charge in [-0.25, -0.2) is 9.40 Å². The molecule has 182 valence electrons. The number of amidine groups is 1. The quantitative estimate of drug-likeness (QED) is 0.512. The van der Waals surface area contributed by atoms with Crippen molar-refractivity contribution in [3.8, 4) is 5.75 Å². The van der Waals surface area contributed by atoms with Crippen LogP contribution < -0.4 is 10.1 Å². The molecule has 9 heteroatoms. The summed E-state index contributed by atoms with van der Waals surface area (Å²) >= 11 is 1.22. The van der Waals surface area contributed by atoms with Gasteiger partial charge in [-0.3, -0.25) is 9.59 Å². The molecule has 0 radical (unpaired) electrons. The van der Waals surface area contributed by atoms with Crippen molar-refractivity contribution in [2.75, 3.05) is 12.4 Å². The monoisotopic (exact) mass is 502 g/mol. The van der Waals surface area contributed by atoms with E-state index in [2.05, 4.69) is 10.3 Å². The number of nitrogens with zero attached hydrogens (tertiary/aromatic N) is 3. The molecule has 1 N–H and O–H groups in total. The lowest BCUT2D eigenvalue weighted by Crippen LogP contribution is -2.25. The number of nitrogens with one attached hydrogen (secondary N) is 1. The topological polar surface area (TPSA) is 83.4 Å². The summed E-state index contributed by atoms with van der Waals surface area (Å²) in [5, 5.41) is 9.11.